The van der Waals surface area contributed by atoms with Crippen molar-refractivity contribution in [3.63, 3.8) is 0 Å². The van der Waals surface area contributed by atoms with Crippen LogP contribution in [0, 0.1) is 5.92 Å². The number of nitrogens with one attached hydrogen (secondary N) is 1. The summed E-state index contributed by atoms with van der Waals surface area (Å²) in [7, 11) is 0. The number of hydrogen-bond acceptors (Lipinski definition) is 3. The van der Waals surface area contributed by atoms with Crippen LogP contribution in [0.5, 0.6) is 0 Å². The summed E-state index contributed by atoms with van der Waals surface area (Å²) in [4.78, 5) is 2.58. The minimum Gasteiger partial charge on any atom is -0.382 e. The van der Waals surface area contributed by atoms with E-state index in [4.69, 9.17) is 4.74 Å². The first-order chi connectivity index (χ1) is 8.27. The molecular weight excluding hydrogens is 212 g/mol. The van der Waals surface area contributed by atoms with Crippen LogP contribution in [0.2, 0.25) is 0 Å². The van der Waals surface area contributed by atoms with Crippen LogP contribution in [-0.4, -0.2) is 50.3 Å². The average Bonchev–Trinajstić information content (AvgIpc) is 2.38. The van der Waals surface area contributed by atoms with Crippen molar-refractivity contribution in [2.24, 2.45) is 5.92 Å². The van der Waals surface area contributed by atoms with Gasteiger partial charge >= 0.3 is 0 Å². The molecule has 1 fully saturated rings. The van der Waals surface area contributed by atoms with Crippen molar-refractivity contribution >= 4 is 0 Å². The number of likely N-dealkylation sites (tertiary alicyclic amines) is 1. The van der Waals surface area contributed by atoms with Crippen LogP contribution < -0.4 is 5.32 Å². The summed E-state index contributed by atoms with van der Waals surface area (Å²) in [6.07, 6.45) is 3.88. The molecule has 0 aromatic rings. The zero-order valence-electron chi connectivity index (χ0n) is 11.9. The van der Waals surface area contributed by atoms with E-state index < -0.39 is 0 Å². The van der Waals surface area contributed by atoms with Crippen LogP contribution in [0.4, 0.5) is 0 Å². The van der Waals surface area contributed by atoms with E-state index in [1.807, 2.05) is 0 Å². The highest BCUT2D eigenvalue weighted by atomic mass is 16.5. The van der Waals surface area contributed by atoms with E-state index in [9.17, 15) is 0 Å². The fraction of sp³-hybridized carbons (Fsp3) is 1.00. The molecule has 0 radical (unpaired) electrons. The maximum Gasteiger partial charge on any atom is 0.0477 e. The number of hydrogen-bond donors (Lipinski definition) is 1. The van der Waals surface area contributed by atoms with Crippen molar-refractivity contribution in [1.29, 1.82) is 0 Å². The zero-order chi connectivity index (χ0) is 12.5. The Morgan fingerprint density at radius 3 is 2.94 bits per heavy atom. The topological polar surface area (TPSA) is 24.5 Å². The minimum absolute atomic E-state index is 0.644. The SMILES string of the molecule is CCOCCCNC(C)C1CCCN(CC)C1. The molecule has 1 aliphatic rings. The van der Waals surface area contributed by atoms with E-state index in [1.165, 1.54) is 32.5 Å². The van der Waals surface area contributed by atoms with Gasteiger partial charge in [-0.2, -0.15) is 0 Å². The molecule has 0 bridgehead atoms. The van der Waals surface area contributed by atoms with Gasteiger partial charge in [-0.15, -0.1) is 0 Å². The number of rotatable bonds is 8. The molecule has 2 unspecified atom stereocenters. The van der Waals surface area contributed by atoms with Gasteiger partial charge in [0.2, 0.25) is 0 Å². The lowest BCUT2D eigenvalue weighted by molar-refractivity contribution is 0.137. The molecule has 0 aromatic heterocycles. The van der Waals surface area contributed by atoms with Gasteiger partial charge in [0.05, 0.1) is 0 Å². The van der Waals surface area contributed by atoms with E-state index in [0.29, 0.717) is 6.04 Å². The first-order valence-corrected chi connectivity index (χ1v) is 7.31. The quantitative estimate of drug-likeness (QED) is 0.660. The fourth-order valence-corrected chi connectivity index (χ4v) is 2.60. The normalized spacial score (nSPS) is 23.8. The molecule has 1 saturated heterocycles. The van der Waals surface area contributed by atoms with Gasteiger partial charge in [-0.1, -0.05) is 6.92 Å². The van der Waals surface area contributed by atoms with Crippen molar-refractivity contribution in [1.82, 2.24) is 10.2 Å². The van der Waals surface area contributed by atoms with Crippen LogP contribution in [0.1, 0.15) is 40.0 Å². The molecule has 0 aliphatic carbocycles. The lowest BCUT2D eigenvalue weighted by Crippen LogP contribution is -2.44. The summed E-state index contributed by atoms with van der Waals surface area (Å²) < 4.78 is 5.35. The molecular formula is C14H30N2O. The van der Waals surface area contributed by atoms with Gasteiger partial charge in [0.25, 0.3) is 0 Å². The molecule has 1 rings (SSSR count). The van der Waals surface area contributed by atoms with Crippen LogP contribution in [-0.2, 0) is 4.74 Å². The van der Waals surface area contributed by atoms with Crippen LogP contribution >= 0.6 is 0 Å². The number of piperidine rings is 1. The van der Waals surface area contributed by atoms with Crippen LogP contribution in [0.15, 0.2) is 0 Å². The highest BCUT2D eigenvalue weighted by Gasteiger charge is 2.23. The Kier molecular flexibility index (Phi) is 7.82. The monoisotopic (exact) mass is 242 g/mol. The highest BCUT2D eigenvalue weighted by molar-refractivity contribution is 4.79. The summed E-state index contributed by atoms with van der Waals surface area (Å²) in [6, 6.07) is 0.644. The summed E-state index contributed by atoms with van der Waals surface area (Å²) in [5, 5.41) is 3.65. The first-order valence-electron chi connectivity index (χ1n) is 7.31. The second-order valence-corrected chi connectivity index (χ2v) is 5.09. The Morgan fingerprint density at radius 1 is 1.41 bits per heavy atom. The molecule has 0 saturated carbocycles. The molecule has 3 nitrogen and oxygen atoms in total. The molecule has 0 amide bonds. The van der Waals surface area contributed by atoms with Crippen molar-refractivity contribution < 1.29 is 4.74 Å². The third-order valence-corrected chi connectivity index (χ3v) is 3.83. The first kappa shape index (κ1) is 14.9. The molecule has 1 N–H and O–H groups in total. The van der Waals surface area contributed by atoms with Gasteiger partial charge in [0.15, 0.2) is 0 Å². The van der Waals surface area contributed by atoms with Gasteiger partial charge in [0.1, 0.15) is 0 Å². The van der Waals surface area contributed by atoms with E-state index >= 15 is 0 Å². The Balaban J connectivity index is 2.11. The molecule has 1 aliphatic heterocycles. The Morgan fingerprint density at radius 2 is 2.24 bits per heavy atom. The third kappa shape index (κ3) is 5.84. The zero-order valence-corrected chi connectivity index (χ0v) is 11.9. The standard InChI is InChI=1S/C14H30N2O/c1-4-16-10-6-8-14(12-16)13(3)15-9-7-11-17-5-2/h13-15H,4-12H2,1-3H3. The molecule has 3 heteroatoms. The second kappa shape index (κ2) is 8.90. The van der Waals surface area contributed by atoms with E-state index in [2.05, 4.69) is 31.0 Å². The fourth-order valence-electron chi connectivity index (χ4n) is 2.60. The molecule has 102 valence electrons. The van der Waals surface area contributed by atoms with Crippen LogP contribution in [0.25, 0.3) is 0 Å². The number of nitrogens with zero attached hydrogens (tertiary/aromatic N) is 1. The lowest BCUT2D eigenvalue weighted by Gasteiger charge is -2.35. The Labute approximate surface area is 107 Å². The average molecular weight is 242 g/mol. The van der Waals surface area contributed by atoms with E-state index in [1.54, 1.807) is 0 Å². The van der Waals surface area contributed by atoms with Crippen molar-refractivity contribution in [3.8, 4) is 0 Å². The largest absolute Gasteiger partial charge is 0.382 e. The summed E-state index contributed by atoms with van der Waals surface area (Å²) in [6.45, 7) is 13.2. The Bertz CT molecular complexity index is 187. The highest BCUT2D eigenvalue weighted by Crippen LogP contribution is 2.19. The minimum atomic E-state index is 0.644. The molecule has 0 spiro atoms. The molecule has 2 atom stereocenters. The summed E-state index contributed by atoms with van der Waals surface area (Å²) in [5.74, 6) is 0.829. The van der Waals surface area contributed by atoms with Gasteiger partial charge in [-0.25, -0.2) is 0 Å². The van der Waals surface area contributed by atoms with Gasteiger partial charge in [-0.05, 0) is 58.7 Å². The van der Waals surface area contributed by atoms with Crippen molar-refractivity contribution in [2.75, 3.05) is 39.4 Å². The van der Waals surface area contributed by atoms with Crippen LogP contribution in [0.3, 0.4) is 0 Å². The lowest BCUT2D eigenvalue weighted by atomic mass is 9.91. The van der Waals surface area contributed by atoms with Gasteiger partial charge < -0.3 is 15.0 Å². The summed E-state index contributed by atoms with van der Waals surface area (Å²) >= 11 is 0. The second-order valence-electron chi connectivity index (χ2n) is 5.09. The van der Waals surface area contributed by atoms with Crippen molar-refractivity contribution in [3.05, 3.63) is 0 Å². The third-order valence-electron chi connectivity index (χ3n) is 3.83. The predicted octanol–water partition coefficient (Wildman–Crippen LogP) is 2.12. The van der Waals surface area contributed by atoms with Gasteiger partial charge in [-0.3, -0.25) is 0 Å². The smallest absolute Gasteiger partial charge is 0.0477 e. The molecule has 17 heavy (non-hydrogen) atoms. The van der Waals surface area contributed by atoms with Crippen molar-refractivity contribution in [2.45, 2.75) is 46.1 Å². The molecule has 0 aromatic carbocycles. The maximum atomic E-state index is 5.35. The predicted molar refractivity (Wildman–Crippen MR) is 73.4 cm³/mol. The van der Waals surface area contributed by atoms with Gasteiger partial charge in [0, 0.05) is 25.8 Å². The van der Waals surface area contributed by atoms with E-state index in [-0.39, 0.29) is 0 Å². The number of ether oxygens (including phenoxy) is 1. The Hall–Kier alpha value is -0.120. The summed E-state index contributed by atoms with van der Waals surface area (Å²) in [5.41, 5.74) is 0. The maximum absolute atomic E-state index is 5.35. The molecule has 1 heterocycles. The van der Waals surface area contributed by atoms with E-state index in [0.717, 1.165) is 32.1 Å².